The van der Waals surface area contributed by atoms with Gasteiger partial charge in [0.05, 0.1) is 12.6 Å². The van der Waals surface area contributed by atoms with Crippen molar-refractivity contribution >= 4 is 27.6 Å². The Morgan fingerprint density at radius 1 is 1.59 bits per heavy atom. The molecule has 0 aliphatic carbocycles. The number of aliphatic imine (C=N–C) groups is 1. The minimum Gasteiger partial charge on any atom is -0.370 e. The Balaban J connectivity index is 2.30. The summed E-state index contributed by atoms with van der Waals surface area (Å²) in [5.41, 5.74) is 7.12. The molecule has 0 spiro atoms. The lowest BCUT2D eigenvalue weighted by atomic mass is 9.98. The Kier molecular flexibility index (Phi) is 3.72. The van der Waals surface area contributed by atoms with Crippen LogP contribution in [-0.4, -0.2) is 18.5 Å². The molecule has 1 aliphatic heterocycles. The summed E-state index contributed by atoms with van der Waals surface area (Å²) in [5, 5.41) is 0. The minimum atomic E-state index is 0.384. The third-order valence-corrected chi connectivity index (χ3v) is 3.90. The molecule has 2 rings (SSSR count). The van der Waals surface area contributed by atoms with E-state index in [9.17, 15) is 0 Å². The largest absolute Gasteiger partial charge is 0.370 e. The van der Waals surface area contributed by atoms with E-state index in [4.69, 9.17) is 5.73 Å². The van der Waals surface area contributed by atoms with Crippen LogP contribution in [0.3, 0.4) is 0 Å². The fraction of sp³-hybridized carbons (Fsp3) is 0.462. The zero-order valence-corrected chi connectivity index (χ0v) is 11.8. The summed E-state index contributed by atoms with van der Waals surface area (Å²) in [4.78, 5) is 6.53. The molecule has 0 saturated heterocycles. The van der Waals surface area contributed by atoms with Gasteiger partial charge in [-0.15, -0.1) is 0 Å². The molecule has 3 nitrogen and oxygen atoms in total. The van der Waals surface area contributed by atoms with Gasteiger partial charge in [0, 0.05) is 10.2 Å². The zero-order valence-electron chi connectivity index (χ0n) is 10.2. The maximum atomic E-state index is 6.00. The van der Waals surface area contributed by atoms with Crippen molar-refractivity contribution in [2.75, 3.05) is 11.4 Å². The maximum Gasteiger partial charge on any atom is 0.196 e. The molecule has 4 heteroatoms. The number of hydrogen-bond acceptors (Lipinski definition) is 3. The van der Waals surface area contributed by atoms with Gasteiger partial charge in [0.25, 0.3) is 0 Å². The average Bonchev–Trinajstić information content (AvgIpc) is 2.70. The smallest absolute Gasteiger partial charge is 0.196 e. The van der Waals surface area contributed by atoms with Crippen molar-refractivity contribution in [1.82, 2.24) is 0 Å². The molecule has 2 unspecified atom stereocenters. The van der Waals surface area contributed by atoms with Crippen LogP contribution < -0.4 is 10.6 Å². The standard InChI is InChI=1S/C13H18BrN3/c1-3-9(2)12-8-16-13(15)17(12)11-6-4-5-10(14)7-11/h4-7,9,12H,3,8H2,1-2H3,(H2,15,16). The molecule has 2 N–H and O–H groups in total. The fourth-order valence-electron chi connectivity index (χ4n) is 2.17. The van der Waals surface area contributed by atoms with Crippen molar-refractivity contribution in [1.29, 1.82) is 0 Å². The summed E-state index contributed by atoms with van der Waals surface area (Å²) in [6.07, 6.45) is 1.14. The van der Waals surface area contributed by atoms with E-state index in [0.29, 0.717) is 17.9 Å². The van der Waals surface area contributed by atoms with Crippen LogP contribution in [0.4, 0.5) is 5.69 Å². The molecule has 1 aliphatic rings. The molecule has 2 atom stereocenters. The third kappa shape index (κ3) is 2.46. The van der Waals surface area contributed by atoms with Crippen LogP contribution in [-0.2, 0) is 0 Å². The lowest BCUT2D eigenvalue weighted by molar-refractivity contribution is 0.462. The number of nitrogens with zero attached hydrogens (tertiary/aromatic N) is 2. The van der Waals surface area contributed by atoms with Crippen LogP contribution in [0.25, 0.3) is 0 Å². The van der Waals surface area contributed by atoms with Gasteiger partial charge in [-0.1, -0.05) is 42.3 Å². The highest BCUT2D eigenvalue weighted by Gasteiger charge is 2.30. The van der Waals surface area contributed by atoms with Crippen molar-refractivity contribution in [3.63, 3.8) is 0 Å². The van der Waals surface area contributed by atoms with Gasteiger partial charge in [-0.2, -0.15) is 0 Å². The fourth-order valence-corrected chi connectivity index (χ4v) is 2.56. The summed E-state index contributed by atoms with van der Waals surface area (Å²) in [5.74, 6) is 1.21. The summed E-state index contributed by atoms with van der Waals surface area (Å²) in [6, 6.07) is 8.59. The van der Waals surface area contributed by atoms with Gasteiger partial charge in [0.15, 0.2) is 5.96 Å². The molecule has 17 heavy (non-hydrogen) atoms. The van der Waals surface area contributed by atoms with Crippen molar-refractivity contribution in [2.24, 2.45) is 16.6 Å². The van der Waals surface area contributed by atoms with Crippen molar-refractivity contribution in [2.45, 2.75) is 26.3 Å². The highest BCUT2D eigenvalue weighted by molar-refractivity contribution is 9.10. The topological polar surface area (TPSA) is 41.6 Å². The second-order valence-corrected chi connectivity index (χ2v) is 5.42. The molecule has 0 radical (unpaired) electrons. The minimum absolute atomic E-state index is 0.384. The van der Waals surface area contributed by atoms with Crippen LogP contribution in [0.5, 0.6) is 0 Å². The quantitative estimate of drug-likeness (QED) is 0.931. The predicted octanol–water partition coefficient (Wildman–Crippen LogP) is 3.00. The predicted molar refractivity (Wildman–Crippen MR) is 76.4 cm³/mol. The Bertz CT molecular complexity index is 430. The molecule has 0 saturated carbocycles. The van der Waals surface area contributed by atoms with E-state index < -0.39 is 0 Å². The molecule has 0 bridgehead atoms. The highest BCUT2D eigenvalue weighted by atomic mass is 79.9. The van der Waals surface area contributed by atoms with Gasteiger partial charge in [-0.3, -0.25) is 4.99 Å². The molecule has 92 valence electrons. The average molecular weight is 296 g/mol. The van der Waals surface area contributed by atoms with Crippen molar-refractivity contribution in [3.8, 4) is 0 Å². The number of anilines is 1. The van der Waals surface area contributed by atoms with Gasteiger partial charge >= 0.3 is 0 Å². The maximum absolute atomic E-state index is 6.00. The summed E-state index contributed by atoms with van der Waals surface area (Å²) < 4.78 is 1.07. The molecular formula is C13H18BrN3. The van der Waals surface area contributed by atoms with E-state index in [0.717, 1.165) is 23.1 Å². The van der Waals surface area contributed by atoms with Gasteiger partial charge in [-0.25, -0.2) is 0 Å². The Morgan fingerprint density at radius 3 is 3.00 bits per heavy atom. The second kappa shape index (κ2) is 5.08. The van der Waals surface area contributed by atoms with Crippen LogP contribution >= 0.6 is 15.9 Å². The second-order valence-electron chi connectivity index (χ2n) is 4.50. The van der Waals surface area contributed by atoms with Crippen LogP contribution in [0.2, 0.25) is 0 Å². The summed E-state index contributed by atoms with van der Waals surface area (Å²) in [6.45, 7) is 5.26. The van der Waals surface area contributed by atoms with Crippen molar-refractivity contribution < 1.29 is 0 Å². The van der Waals surface area contributed by atoms with E-state index in [1.54, 1.807) is 0 Å². The molecule has 1 heterocycles. The van der Waals surface area contributed by atoms with Gasteiger partial charge in [0.1, 0.15) is 0 Å². The molecular weight excluding hydrogens is 278 g/mol. The number of rotatable bonds is 3. The molecule has 0 aromatic heterocycles. The van der Waals surface area contributed by atoms with Gasteiger partial charge in [-0.05, 0) is 24.1 Å². The normalized spacial score (nSPS) is 21.5. The first kappa shape index (κ1) is 12.4. The first-order chi connectivity index (χ1) is 8.13. The molecule has 1 aromatic carbocycles. The molecule has 0 amide bonds. The van der Waals surface area contributed by atoms with Crippen molar-refractivity contribution in [3.05, 3.63) is 28.7 Å². The van der Waals surface area contributed by atoms with E-state index >= 15 is 0 Å². The van der Waals surface area contributed by atoms with Gasteiger partial charge < -0.3 is 10.6 Å². The Morgan fingerprint density at radius 2 is 2.35 bits per heavy atom. The number of nitrogens with two attached hydrogens (primary N) is 1. The van der Waals surface area contributed by atoms with Crippen LogP contribution in [0.15, 0.2) is 33.7 Å². The number of hydrogen-bond donors (Lipinski definition) is 1. The van der Waals surface area contributed by atoms with E-state index in [2.05, 4.69) is 51.8 Å². The summed E-state index contributed by atoms with van der Waals surface area (Å²) in [7, 11) is 0. The zero-order chi connectivity index (χ0) is 12.4. The lowest BCUT2D eigenvalue weighted by Crippen LogP contribution is -2.44. The number of halogens is 1. The Labute approximate surface area is 111 Å². The van der Waals surface area contributed by atoms with Crippen LogP contribution in [0, 0.1) is 5.92 Å². The summed E-state index contributed by atoms with van der Waals surface area (Å²) >= 11 is 3.50. The number of guanidine groups is 1. The molecule has 0 fully saturated rings. The van der Waals surface area contributed by atoms with E-state index in [1.807, 2.05) is 12.1 Å². The lowest BCUT2D eigenvalue weighted by Gasteiger charge is -2.30. The first-order valence-corrected chi connectivity index (χ1v) is 6.77. The monoisotopic (exact) mass is 295 g/mol. The Hall–Kier alpha value is -1.03. The highest BCUT2D eigenvalue weighted by Crippen LogP contribution is 2.28. The van der Waals surface area contributed by atoms with E-state index in [1.165, 1.54) is 0 Å². The molecule has 1 aromatic rings. The van der Waals surface area contributed by atoms with Crippen LogP contribution in [0.1, 0.15) is 20.3 Å². The first-order valence-electron chi connectivity index (χ1n) is 5.98. The van der Waals surface area contributed by atoms with Gasteiger partial charge in [0.2, 0.25) is 0 Å². The number of benzene rings is 1. The SMILES string of the molecule is CCC(C)C1CN=C(N)N1c1cccc(Br)c1. The third-order valence-electron chi connectivity index (χ3n) is 3.41. The van der Waals surface area contributed by atoms with E-state index in [-0.39, 0.29) is 0 Å².